The third-order valence-electron chi connectivity index (χ3n) is 4.80. The molecule has 31 heavy (non-hydrogen) atoms. The highest BCUT2D eigenvalue weighted by molar-refractivity contribution is 5.67. The van der Waals surface area contributed by atoms with Crippen LogP contribution in [0.2, 0.25) is 0 Å². The van der Waals surface area contributed by atoms with Crippen molar-refractivity contribution in [3.8, 4) is 11.4 Å². The lowest BCUT2D eigenvalue weighted by atomic mass is 10.1. The lowest BCUT2D eigenvalue weighted by Gasteiger charge is -2.21. The lowest BCUT2D eigenvalue weighted by molar-refractivity contribution is -0.137. The molecule has 2 aromatic heterocycles. The van der Waals surface area contributed by atoms with Crippen molar-refractivity contribution < 1.29 is 18.3 Å². The number of aryl methyl sites for hydroxylation is 1. The fourth-order valence-corrected chi connectivity index (χ4v) is 2.88. The summed E-state index contributed by atoms with van der Waals surface area (Å²) in [5, 5.41) is 15.7. The Morgan fingerprint density at radius 3 is 2.42 bits per heavy atom. The summed E-state index contributed by atoms with van der Waals surface area (Å²) in [5.41, 5.74) is 1.25. The molecule has 0 unspecified atom stereocenters. The molecule has 2 heterocycles. The van der Waals surface area contributed by atoms with E-state index in [-0.39, 0.29) is 30.2 Å². The topological polar surface area (TPSA) is 83.0 Å². The van der Waals surface area contributed by atoms with Crippen molar-refractivity contribution in [3.63, 3.8) is 0 Å². The maximum atomic E-state index is 13.2. The Morgan fingerprint density at radius 2 is 1.81 bits per heavy atom. The molecule has 0 aliphatic heterocycles. The number of hydrogen-bond acceptors (Lipinski definition) is 6. The number of benzene rings is 1. The first-order valence-corrected chi connectivity index (χ1v) is 9.80. The quantitative estimate of drug-likeness (QED) is 0.486. The van der Waals surface area contributed by atoms with Crippen molar-refractivity contribution in [1.82, 2.24) is 15.0 Å². The van der Waals surface area contributed by atoms with E-state index in [0.29, 0.717) is 22.8 Å². The first-order valence-electron chi connectivity index (χ1n) is 9.80. The third kappa shape index (κ3) is 5.69. The van der Waals surface area contributed by atoms with E-state index in [9.17, 15) is 18.3 Å². The van der Waals surface area contributed by atoms with Gasteiger partial charge in [-0.25, -0.2) is 4.98 Å². The van der Waals surface area contributed by atoms with Gasteiger partial charge in [0.05, 0.1) is 29.6 Å². The predicted octanol–water partition coefficient (Wildman–Crippen LogP) is 5.04. The van der Waals surface area contributed by atoms with Crippen LogP contribution in [0.3, 0.4) is 0 Å². The molecule has 0 saturated carbocycles. The lowest BCUT2D eigenvalue weighted by Crippen LogP contribution is -2.30. The molecule has 3 rings (SSSR count). The van der Waals surface area contributed by atoms with Gasteiger partial charge in [-0.2, -0.15) is 18.2 Å². The average molecular weight is 431 g/mol. The minimum atomic E-state index is -4.45. The van der Waals surface area contributed by atoms with Gasteiger partial charge in [0, 0.05) is 18.0 Å². The van der Waals surface area contributed by atoms with Gasteiger partial charge >= 0.3 is 6.18 Å². The maximum Gasteiger partial charge on any atom is 0.416 e. The zero-order valence-corrected chi connectivity index (χ0v) is 17.4. The second kappa shape index (κ2) is 9.30. The predicted molar refractivity (Wildman–Crippen MR) is 114 cm³/mol. The summed E-state index contributed by atoms with van der Waals surface area (Å²) in [4.78, 5) is 13.2. The van der Waals surface area contributed by atoms with E-state index in [1.807, 2.05) is 19.9 Å². The first-order chi connectivity index (χ1) is 14.7. The number of hydrogen-bond donors (Lipinski definition) is 3. The van der Waals surface area contributed by atoms with Crippen molar-refractivity contribution >= 4 is 17.5 Å². The summed E-state index contributed by atoms with van der Waals surface area (Å²) >= 11 is 0. The van der Waals surface area contributed by atoms with E-state index >= 15 is 0 Å². The number of alkyl halides is 3. The average Bonchev–Trinajstić information content (AvgIpc) is 2.73. The zero-order valence-electron chi connectivity index (χ0n) is 17.4. The molecular formula is C22H24F3N5O. The van der Waals surface area contributed by atoms with E-state index < -0.39 is 11.7 Å². The van der Waals surface area contributed by atoms with Gasteiger partial charge < -0.3 is 15.7 Å². The van der Waals surface area contributed by atoms with Crippen molar-refractivity contribution in [2.45, 2.75) is 33.0 Å². The largest absolute Gasteiger partial charge is 0.416 e. The number of nitrogens with one attached hydrogen (secondary N) is 2. The molecule has 6 nitrogen and oxygen atoms in total. The van der Waals surface area contributed by atoms with Crippen LogP contribution in [0, 0.1) is 12.8 Å². The monoisotopic (exact) mass is 431 g/mol. The van der Waals surface area contributed by atoms with Crippen LogP contribution in [0.1, 0.15) is 25.0 Å². The minimum absolute atomic E-state index is 0.106. The van der Waals surface area contributed by atoms with Crippen LogP contribution in [-0.4, -0.2) is 32.7 Å². The van der Waals surface area contributed by atoms with Crippen LogP contribution in [0.15, 0.2) is 48.7 Å². The molecule has 0 aliphatic carbocycles. The highest BCUT2D eigenvalue weighted by Gasteiger charge is 2.30. The Bertz CT molecular complexity index is 1030. The van der Waals surface area contributed by atoms with Crippen LogP contribution in [-0.2, 0) is 6.18 Å². The van der Waals surface area contributed by atoms with E-state index in [2.05, 4.69) is 25.6 Å². The molecule has 1 aromatic carbocycles. The Kier molecular flexibility index (Phi) is 6.74. The van der Waals surface area contributed by atoms with Crippen LogP contribution in [0.25, 0.3) is 11.4 Å². The molecule has 164 valence electrons. The second-order valence-corrected chi connectivity index (χ2v) is 7.51. The Labute approximate surface area is 178 Å². The molecule has 0 amide bonds. The van der Waals surface area contributed by atoms with Crippen molar-refractivity contribution in [2.75, 3.05) is 17.2 Å². The number of rotatable bonds is 7. The van der Waals surface area contributed by atoms with E-state index in [1.54, 1.807) is 31.3 Å². The van der Waals surface area contributed by atoms with Crippen LogP contribution < -0.4 is 10.6 Å². The van der Waals surface area contributed by atoms with Gasteiger partial charge in [0.15, 0.2) is 0 Å². The molecule has 0 saturated heterocycles. The number of pyridine rings is 1. The number of halogens is 3. The molecule has 0 radical (unpaired) electrons. The summed E-state index contributed by atoms with van der Waals surface area (Å²) < 4.78 is 39.5. The summed E-state index contributed by atoms with van der Waals surface area (Å²) in [7, 11) is 0. The van der Waals surface area contributed by atoms with E-state index in [1.165, 1.54) is 6.07 Å². The van der Waals surface area contributed by atoms with Gasteiger partial charge in [-0.15, -0.1) is 0 Å². The summed E-state index contributed by atoms with van der Waals surface area (Å²) in [5.74, 6) is 0.651. The molecule has 0 aliphatic rings. The standard InChI is InChI=1S/C22H24F3N5O/c1-13(2)19(12-31)29-21-28-18(16-6-4-5-9-26-16)11-20(30-21)27-17-10-15(22(23,24)25)8-7-14(17)3/h4-11,13,19,31H,12H2,1-3H3,(H2,27,28,29,30)/t19-/m0/s1. The highest BCUT2D eigenvalue weighted by Crippen LogP contribution is 2.33. The molecule has 0 spiro atoms. The van der Waals surface area contributed by atoms with Gasteiger partial charge in [-0.3, -0.25) is 4.98 Å². The number of aliphatic hydroxyl groups excluding tert-OH is 1. The van der Waals surface area contributed by atoms with Crippen molar-refractivity contribution in [2.24, 2.45) is 5.92 Å². The van der Waals surface area contributed by atoms with E-state index in [4.69, 9.17) is 0 Å². The zero-order chi connectivity index (χ0) is 22.6. The third-order valence-corrected chi connectivity index (χ3v) is 4.80. The van der Waals surface area contributed by atoms with Gasteiger partial charge in [-0.1, -0.05) is 26.0 Å². The summed E-state index contributed by atoms with van der Waals surface area (Å²) in [6, 6.07) is 10.2. The fraction of sp³-hybridized carbons (Fsp3) is 0.318. The smallest absolute Gasteiger partial charge is 0.394 e. The minimum Gasteiger partial charge on any atom is -0.394 e. The molecule has 1 atom stereocenters. The number of aromatic nitrogens is 3. The Balaban J connectivity index is 2.02. The van der Waals surface area contributed by atoms with Crippen LogP contribution in [0.5, 0.6) is 0 Å². The van der Waals surface area contributed by atoms with E-state index in [0.717, 1.165) is 12.1 Å². The van der Waals surface area contributed by atoms with Crippen LogP contribution in [0.4, 0.5) is 30.6 Å². The van der Waals surface area contributed by atoms with Crippen molar-refractivity contribution in [1.29, 1.82) is 0 Å². The van der Waals surface area contributed by atoms with Crippen LogP contribution >= 0.6 is 0 Å². The number of anilines is 3. The maximum absolute atomic E-state index is 13.2. The summed E-state index contributed by atoms with van der Waals surface area (Å²) in [6.45, 7) is 5.48. The first kappa shape index (κ1) is 22.5. The van der Waals surface area contributed by atoms with Gasteiger partial charge in [-0.05, 0) is 42.7 Å². The van der Waals surface area contributed by atoms with Crippen molar-refractivity contribution in [3.05, 3.63) is 59.8 Å². The number of nitrogens with zero attached hydrogens (tertiary/aromatic N) is 3. The molecule has 3 aromatic rings. The van der Waals surface area contributed by atoms with Gasteiger partial charge in [0.1, 0.15) is 5.82 Å². The molecule has 3 N–H and O–H groups in total. The highest BCUT2D eigenvalue weighted by atomic mass is 19.4. The van der Waals surface area contributed by atoms with Gasteiger partial charge in [0.25, 0.3) is 0 Å². The Hall–Kier alpha value is -3.20. The second-order valence-electron chi connectivity index (χ2n) is 7.51. The normalized spacial score (nSPS) is 12.6. The SMILES string of the molecule is Cc1ccc(C(F)(F)F)cc1Nc1cc(-c2ccccn2)nc(N[C@@H](CO)C(C)C)n1. The number of aliphatic hydroxyl groups is 1. The summed E-state index contributed by atoms with van der Waals surface area (Å²) in [6.07, 6.45) is -2.83. The molecular weight excluding hydrogens is 407 g/mol. The molecule has 0 fully saturated rings. The fourth-order valence-electron chi connectivity index (χ4n) is 2.88. The molecule has 0 bridgehead atoms. The Morgan fingerprint density at radius 1 is 1.03 bits per heavy atom. The molecule has 9 heteroatoms. The van der Waals surface area contributed by atoms with Gasteiger partial charge in [0.2, 0.25) is 5.95 Å².